The fourth-order valence-corrected chi connectivity index (χ4v) is 10.3. The number of fused-ring (bicyclic) bond motifs is 6. The first-order valence-corrected chi connectivity index (χ1v) is 17.8. The van der Waals surface area contributed by atoms with Gasteiger partial charge in [-0.2, -0.15) is 0 Å². The Labute approximate surface area is 294 Å². The van der Waals surface area contributed by atoms with E-state index in [1.54, 1.807) is 6.08 Å². The van der Waals surface area contributed by atoms with Gasteiger partial charge in [-0.05, 0) is 126 Å². The van der Waals surface area contributed by atoms with Gasteiger partial charge in [0.1, 0.15) is 0 Å². The van der Waals surface area contributed by atoms with Crippen molar-refractivity contribution in [2.45, 2.75) is 18.8 Å². The van der Waals surface area contributed by atoms with E-state index in [1.165, 1.54) is 88.0 Å². The van der Waals surface area contributed by atoms with E-state index < -0.39 is 0 Å². The van der Waals surface area contributed by atoms with E-state index in [9.17, 15) is 4.79 Å². The maximum Gasteiger partial charge on any atom is 0.164 e. The lowest BCUT2D eigenvalue weighted by molar-refractivity contribution is -0.118. The molecule has 11 rings (SSSR count). The van der Waals surface area contributed by atoms with Crippen LogP contribution >= 0.6 is 23.2 Å². The first-order valence-electron chi connectivity index (χ1n) is 17.1. The van der Waals surface area contributed by atoms with E-state index in [4.69, 9.17) is 23.2 Å². The maximum atomic E-state index is 13.7. The third-order valence-corrected chi connectivity index (χ3v) is 12.2. The quantitative estimate of drug-likeness (QED) is 0.179. The van der Waals surface area contributed by atoms with Crippen LogP contribution in [0.1, 0.15) is 40.2 Å². The summed E-state index contributed by atoms with van der Waals surface area (Å²) in [5, 5.41) is 7.84. The highest BCUT2D eigenvalue weighted by atomic mass is 35.5. The number of carbonyl (C=O) groups excluding carboxylic acids is 1. The second-order valence-corrected chi connectivity index (χ2v) is 15.0. The van der Waals surface area contributed by atoms with Crippen LogP contribution in [0.15, 0.2) is 131 Å². The van der Waals surface area contributed by atoms with Crippen LogP contribution in [0.5, 0.6) is 0 Å². The summed E-state index contributed by atoms with van der Waals surface area (Å²) in [7, 11) is 0. The molecule has 49 heavy (non-hydrogen) atoms. The lowest BCUT2D eigenvalue weighted by Crippen LogP contribution is -2.40. The molecule has 0 aromatic heterocycles. The first kappa shape index (κ1) is 27.9. The molecule has 6 aromatic rings. The topological polar surface area (TPSA) is 17.1 Å². The van der Waals surface area contributed by atoms with E-state index in [0.717, 1.165) is 23.4 Å². The van der Waals surface area contributed by atoms with Crippen LogP contribution in [-0.4, -0.2) is 5.78 Å². The van der Waals surface area contributed by atoms with E-state index in [0.29, 0.717) is 5.03 Å². The average molecular weight is 668 g/mol. The van der Waals surface area contributed by atoms with Gasteiger partial charge in [-0.1, -0.05) is 125 Å². The Bertz CT molecular complexity index is 2690. The summed E-state index contributed by atoms with van der Waals surface area (Å²) in [6, 6.07) is 35.1. The summed E-state index contributed by atoms with van der Waals surface area (Å²) in [6.45, 7) is 0. The van der Waals surface area contributed by atoms with Gasteiger partial charge in [0.25, 0.3) is 0 Å². The molecule has 232 valence electrons. The van der Waals surface area contributed by atoms with E-state index >= 15 is 0 Å². The second-order valence-electron chi connectivity index (χ2n) is 14.1. The van der Waals surface area contributed by atoms with Crippen LogP contribution < -0.4 is 5.22 Å². The van der Waals surface area contributed by atoms with Gasteiger partial charge in [0.15, 0.2) is 5.78 Å². The molecule has 0 spiro atoms. The van der Waals surface area contributed by atoms with Crippen molar-refractivity contribution in [2.24, 2.45) is 11.8 Å². The third-order valence-electron chi connectivity index (χ3n) is 11.7. The van der Waals surface area contributed by atoms with Crippen molar-refractivity contribution < 1.29 is 4.79 Å². The van der Waals surface area contributed by atoms with E-state index in [1.807, 2.05) is 12.1 Å². The molecule has 0 heterocycles. The molecule has 1 fully saturated rings. The zero-order chi connectivity index (χ0) is 32.5. The Morgan fingerprint density at radius 1 is 0.653 bits per heavy atom. The largest absolute Gasteiger partial charge is 0.294 e. The van der Waals surface area contributed by atoms with Gasteiger partial charge in [-0.25, -0.2) is 0 Å². The normalized spacial score (nSPS) is 21.2. The van der Waals surface area contributed by atoms with Crippen LogP contribution in [-0.2, 0) is 11.2 Å². The van der Waals surface area contributed by atoms with Crippen LogP contribution in [0.3, 0.4) is 0 Å². The monoisotopic (exact) mass is 666 g/mol. The Kier molecular flexibility index (Phi) is 5.73. The molecule has 1 nitrogen and oxygen atoms in total. The molecule has 3 unspecified atom stereocenters. The average Bonchev–Trinajstić information content (AvgIpc) is 3.12. The number of ketones is 1. The highest BCUT2D eigenvalue weighted by Crippen LogP contribution is 2.57. The lowest BCUT2D eigenvalue weighted by Gasteiger charge is -2.45. The van der Waals surface area contributed by atoms with E-state index in [2.05, 4.69) is 109 Å². The van der Waals surface area contributed by atoms with Crippen molar-refractivity contribution in [2.75, 3.05) is 0 Å². The first-order chi connectivity index (χ1) is 24.0. The highest BCUT2D eigenvalue weighted by Gasteiger charge is 2.47. The Balaban J connectivity index is 1.32. The van der Waals surface area contributed by atoms with Crippen LogP contribution in [0.4, 0.5) is 0 Å². The molecule has 0 radical (unpaired) electrons. The SMILES string of the molecule is O=C1C=C(Cl)C=C2CC3=C(c4ccccc4)C=c4c5c(c6ccc7c8c(c(-c9ccccc9)cc4c68)Cc4cc(Cl)ccc4-7)C=CC(C12)C35. The van der Waals surface area contributed by atoms with Crippen LogP contribution in [0.2, 0.25) is 5.02 Å². The minimum absolute atomic E-state index is 0.0318. The summed E-state index contributed by atoms with van der Waals surface area (Å²) in [5.74, 6) is 0.0600. The second kappa shape index (κ2) is 10.0. The minimum atomic E-state index is -0.196. The van der Waals surface area contributed by atoms with Crippen molar-refractivity contribution in [3.05, 3.63) is 170 Å². The molecule has 0 bridgehead atoms. The molecule has 0 amide bonds. The maximum absolute atomic E-state index is 13.7. The van der Waals surface area contributed by atoms with E-state index in [-0.39, 0.29) is 23.5 Å². The number of allylic oxidation sites excluding steroid dienone is 7. The summed E-state index contributed by atoms with van der Waals surface area (Å²) in [6.07, 6.45) is 12.4. The number of rotatable bonds is 2. The smallest absolute Gasteiger partial charge is 0.164 e. The predicted octanol–water partition coefficient (Wildman–Crippen LogP) is 11.2. The fraction of sp³-hybridized carbons (Fsp3) is 0.109. The lowest BCUT2D eigenvalue weighted by atomic mass is 9.57. The molecule has 0 saturated heterocycles. The molecular weight excluding hydrogens is 639 g/mol. The van der Waals surface area contributed by atoms with Crippen LogP contribution in [0.25, 0.3) is 61.5 Å². The van der Waals surface area contributed by atoms with Gasteiger partial charge in [0.05, 0.1) is 5.92 Å². The number of hydrogen-bond donors (Lipinski definition) is 0. The van der Waals surface area contributed by atoms with Gasteiger partial charge in [0, 0.05) is 28.0 Å². The fourth-order valence-electron chi connectivity index (χ4n) is 9.87. The molecule has 1 saturated carbocycles. The van der Waals surface area contributed by atoms with Crippen molar-refractivity contribution in [3.8, 4) is 22.3 Å². The zero-order valence-corrected chi connectivity index (χ0v) is 27.9. The van der Waals surface area contributed by atoms with Gasteiger partial charge in [-0.3, -0.25) is 4.79 Å². The molecule has 5 aliphatic rings. The standard InChI is InChI=1S/C46H28Cl2O/c47-28-11-12-30-26(17-28)19-37-35(24-7-3-1-4-8-24)22-39-40-23-36(25-9-5-2-6-10-25)38-20-27-18-29(48)21-41(49)42(27)34-16-15-33(45(40)46(34)38)32-14-13-31(30)43(37)44(32)39/h1-18,21-23,34,42,46H,19-20H2. The Morgan fingerprint density at radius 3 is 2.24 bits per heavy atom. The number of hydrogen-bond acceptors (Lipinski definition) is 1. The van der Waals surface area contributed by atoms with Gasteiger partial charge in [0.2, 0.25) is 0 Å². The van der Waals surface area contributed by atoms with Gasteiger partial charge >= 0.3 is 0 Å². The molecule has 3 heteroatoms. The van der Waals surface area contributed by atoms with Crippen LogP contribution in [0, 0.1) is 11.8 Å². The van der Waals surface area contributed by atoms with Gasteiger partial charge in [-0.15, -0.1) is 0 Å². The Hall–Kier alpha value is -4.95. The van der Waals surface area contributed by atoms with Crippen molar-refractivity contribution in [1.82, 2.24) is 0 Å². The molecule has 5 aliphatic carbocycles. The number of halogens is 2. The summed E-state index contributed by atoms with van der Waals surface area (Å²) in [4.78, 5) is 13.7. The highest BCUT2D eigenvalue weighted by molar-refractivity contribution is 6.33. The summed E-state index contributed by atoms with van der Waals surface area (Å²) in [5.41, 5.74) is 15.3. The van der Waals surface area contributed by atoms with Crippen molar-refractivity contribution >= 4 is 68.3 Å². The summed E-state index contributed by atoms with van der Waals surface area (Å²) >= 11 is 13.1. The molecular formula is C46H28Cl2O. The number of benzene rings is 6. The predicted molar refractivity (Wildman–Crippen MR) is 204 cm³/mol. The number of carbonyl (C=O) groups is 1. The molecule has 0 aliphatic heterocycles. The van der Waals surface area contributed by atoms with Gasteiger partial charge < -0.3 is 0 Å². The van der Waals surface area contributed by atoms with Crippen molar-refractivity contribution in [1.29, 1.82) is 0 Å². The van der Waals surface area contributed by atoms with Crippen molar-refractivity contribution in [3.63, 3.8) is 0 Å². The summed E-state index contributed by atoms with van der Waals surface area (Å²) < 4.78 is 0. The molecule has 6 aromatic carbocycles. The molecule has 0 N–H and O–H groups in total. The molecule has 3 atom stereocenters. The third kappa shape index (κ3) is 3.81. The zero-order valence-electron chi connectivity index (χ0n) is 26.4. The minimum Gasteiger partial charge on any atom is -0.294 e. The Morgan fingerprint density at radius 2 is 1.43 bits per heavy atom.